The fourth-order valence-corrected chi connectivity index (χ4v) is 2.97. The molecule has 0 aliphatic carbocycles. The van der Waals surface area contributed by atoms with Crippen molar-refractivity contribution in [2.45, 2.75) is 36.2 Å². The summed E-state index contributed by atoms with van der Waals surface area (Å²) >= 11 is 4.37. The van der Waals surface area contributed by atoms with Crippen LogP contribution in [-0.4, -0.2) is 65.0 Å². The van der Waals surface area contributed by atoms with E-state index in [0.717, 1.165) is 0 Å². The Morgan fingerprint density at radius 3 is 2.91 bits per heavy atom. The maximum Gasteiger partial charge on any atom is 0.167 e. The smallest absolute Gasteiger partial charge is 0.167 e. The highest BCUT2D eigenvalue weighted by molar-refractivity contribution is 7.81. The molecule has 0 saturated carbocycles. The molecule has 0 bridgehead atoms. The van der Waals surface area contributed by atoms with Gasteiger partial charge in [0, 0.05) is 6.61 Å². The molecule has 0 spiro atoms. The second-order valence-electron chi connectivity index (χ2n) is 5.14. The summed E-state index contributed by atoms with van der Waals surface area (Å²) in [7, 11) is 0. The third-order valence-electron chi connectivity index (χ3n) is 3.74. The van der Waals surface area contributed by atoms with Crippen LogP contribution in [0.1, 0.15) is 12.6 Å². The predicted molar refractivity (Wildman–Crippen MR) is 80.1 cm³/mol. The molecule has 5 N–H and O–H groups in total. The number of anilines is 1. The van der Waals surface area contributed by atoms with Crippen LogP contribution in [0.4, 0.5) is 5.82 Å². The lowest BCUT2D eigenvalue weighted by Gasteiger charge is -2.20. The zero-order valence-corrected chi connectivity index (χ0v) is 12.4. The molecule has 1 fully saturated rings. The Balaban J connectivity index is 1.92. The van der Waals surface area contributed by atoms with Crippen LogP contribution in [0.25, 0.3) is 11.2 Å². The van der Waals surface area contributed by atoms with Crippen molar-refractivity contribution in [3.63, 3.8) is 0 Å². The molecule has 5 atom stereocenters. The van der Waals surface area contributed by atoms with Gasteiger partial charge in [-0.3, -0.25) is 4.57 Å². The van der Waals surface area contributed by atoms with E-state index in [1.807, 2.05) is 0 Å². The highest BCUT2D eigenvalue weighted by Gasteiger charge is 2.46. The summed E-state index contributed by atoms with van der Waals surface area (Å²) in [6.45, 7) is -0.201. The van der Waals surface area contributed by atoms with Crippen LogP contribution >= 0.6 is 12.6 Å². The first kappa shape index (κ1) is 15.4. The van der Waals surface area contributed by atoms with E-state index in [4.69, 9.17) is 15.6 Å². The first-order chi connectivity index (χ1) is 10.5. The molecule has 1 aliphatic heterocycles. The molecule has 120 valence electrons. The number of rotatable bonds is 4. The lowest BCUT2D eigenvalue weighted by atomic mass is 10.1. The number of imidazole rings is 1. The van der Waals surface area contributed by atoms with E-state index in [0.29, 0.717) is 11.2 Å². The number of aliphatic hydroxyl groups is 3. The number of fused-ring (bicyclic) bond motifs is 1. The van der Waals surface area contributed by atoms with Gasteiger partial charge in [0.05, 0.1) is 23.8 Å². The van der Waals surface area contributed by atoms with Crippen molar-refractivity contribution < 1.29 is 20.1 Å². The molecule has 22 heavy (non-hydrogen) atoms. The van der Waals surface area contributed by atoms with Gasteiger partial charge in [0.15, 0.2) is 17.7 Å². The monoisotopic (exact) mass is 327 g/mol. The standard InChI is InChI=1S/C12H17N5O4S/c13-10-6-11(15-3-14-10)17(4-16-6)12-9(22)7(20)8(21-12)5(19)1-2-18/h3-5,7-9,12,18-20,22H,1-2H2,(H2,13,14,15)/t5?,7-,8-,9-,12-/m1/s1. The maximum atomic E-state index is 10.2. The van der Waals surface area contributed by atoms with E-state index in [1.165, 1.54) is 12.7 Å². The summed E-state index contributed by atoms with van der Waals surface area (Å²) < 4.78 is 7.32. The molecular formula is C12H17N5O4S. The SMILES string of the molecule is Nc1ncnc2c1ncn2[C@@H]1O[C@H](C(O)CCO)[C@@H](O)[C@H]1S. The van der Waals surface area contributed by atoms with Crippen molar-refractivity contribution in [3.8, 4) is 0 Å². The Hall–Kier alpha value is -1.46. The van der Waals surface area contributed by atoms with Gasteiger partial charge in [0.1, 0.15) is 17.9 Å². The Labute approximate surface area is 131 Å². The second-order valence-corrected chi connectivity index (χ2v) is 5.73. The van der Waals surface area contributed by atoms with Crippen LogP contribution in [-0.2, 0) is 4.74 Å². The Morgan fingerprint density at radius 2 is 2.18 bits per heavy atom. The van der Waals surface area contributed by atoms with E-state index in [2.05, 4.69) is 27.6 Å². The van der Waals surface area contributed by atoms with E-state index < -0.39 is 29.8 Å². The van der Waals surface area contributed by atoms with E-state index >= 15 is 0 Å². The molecule has 0 aromatic carbocycles. The van der Waals surface area contributed by atoms with Gasteiger partial charge in [0.2, 0.25) is 0 Å². The minimum atomic E-state index is -0.994. The van der Waals surface area contributed by atoms with Gasteiger partial charge in [0.25, 0.3) is 0 Å². The minimum Gasteiger partial charge on any atom is -0.396 e. The number of ether oxygens (including phenoxy) is 1. The molecule has 0 radical (unpaired) electrons. The van der Waals surface area contributed by atoms with Gasteiger partial charge in [-0.25, -0.2) is 15.0 Å². The quantitative estimate of drug-likeness (QED) is 0.437. The van der Waals surface area contributed by atoms with Crippen molar-refractivity contribution in [2.75, 3.05) is 12.3 Å². The number of aliphatic hydroxyl groups excluding tert-OH is 3. The molecule has 1 aliphatic rings. The molecule has 1 saturated heterocycles. The van der Waals surface area contributed by atoms with Crippen molar-refractivity contribution in [1.82, 2.24) is 19.5 Å². The molecule has 3 heterocycles. The van der Waals surface area contributed by atoms with Crippen molar-refractivity contribution in [3.05, 3.63) is 12.7 Å². The maximum absolute atomic E-state index is 10.2. The fraction of sp³-hybridized carbons (Fsp3) is 0.583. The lowest BCUT2D eigenvalue weighted by Crippen LogP contribution is -2.37. The minimum absolute atomic E-state index is 0.106. The summed E-state index contributed by atoms with van der Waals surface area (Å²) in [5, 5.41) is 28.5. The van der Waals surface area contributed by atoms with Gasteiger partial charge >= 0.3 is 0 Å². The zero-order valence-electron chi connectivity index (χ0n) is 11.5. The number of aromatic nitrogens is 4. The average molecular weight is 327 g/mol. The van der Waals surface area contributed by atoms with Crippen LogP contribution in [0, 0.1) is 0 Å². The molecule has 3 rings (SSSR count). The number of hydrogen-bond acceptors (Lipinski definition) is 9. The molecule has 2 aromatic heterocycles. The Morgan fingerprint density at radius 1 is 1.41 bits per heavy atom. The third kappa shape index (κ3) is 2.42. The number of thiol groups is 1. The predicted octanol–water partition coefficient (Wildman–Crippen LogP) is -1.29. The van der Waals surface area contributed by atoms with Crippen LogP contribution in [0.5, 0.6) is 0 Å². The molecule has 2 aromatic rings. The largest absolute Gasteiger partial charge is 0.396 e. The summed E-state index contributed by atoms with van der Waals surface area (Å²) in [5.74, 6) is 0.245. The number of nitrogen functional groups attached to an aromatic ring is 1. The van der Waals surface area contributed by atoms with Crippen LogP contribution in [0.15, 0.2) is 12.7 Å². The number of nitrogens with zero attached hydrogens (tertiary/aromatic N) is 4. The highest BCUT2D eigenvalue weighted by atomic mass is 32.1. The number of hydrogen-bond donors (Lipinski definition) is 5. The van der Waals surface area contributed by atoms with Crippen molar-refractivity contribution in [1.29, 1.82) is 0 Å². The fourth-order valence-electron chi connectivity index (χ4n) is 2.59. The lowest BCUT2D eigenvalue weighted by molar-refractivity contribution is -0.0863. The summed E-state index contributed by atoms with van der Waals surface area (Å²) in [5.41, 5.74) is 6.63. The van der Waals surface area contributed by atoms with E-state index in [9.17, 15) is 10.2 Å². The molecule has 9 nitrogen and oxygen atoms in total. The first-order valence-electron chi connectivity index (χ1n) is 6.78. The zero-order chi connectivity index (χ0) is 15.9. The molecule has 1 unspecified atom stereocenters. The topological polar surface area (TPSA) is 140 Å². The summed E-state index contributed by atoms with van der Waals surface area (Å²) in [6, 6.07) is 0. The van der Waals surface area contributed by atoms with Crippen molar-refractivity contribution >= 4 is 29.6 Å². The summed E-state index contributed by atoms with van der Waals surface area (Å²) in [6.07, 6.45) is -0.605. The molecular weight excluding hydrogens is 310 g/mol. The molecule has 10 heteroatoms. The van der Waals surface area contributed by atoms with Gasteiger partial charge in [-0.1, -0.05) is 0 Å². The Kier molecular flexibility index (Phi) is 4.19. The van der Waals surface area contributed by atoms with Crippen LogP contribution in [0.3, 0.4) is 0 Å². The van der Waals surface area contributed by atoms with Crippen LogP contribution < -0.4 is 5.73 Å². The van der Waals surface area contributed by atoms with Gasteiger partial charge in [-0.2, -0.15) is 12.6 Å². The highest BCUT2D eigenvalue weighted by Crippen LogP contribution is 2.36. The van der Waals surface area contributed by atoms with Gasteiger partial charge in [-0.05, 0) is 6.42 Å². The van der Waals surface area contributed by atoms with E-state index in [-0.39, 0.29) is 18.8 Å². The van der Waals surface area contributed by atoms with Gasteiger partial charge < -0.3 is 25.8 Å². The Bertz CT molecular complexity index is 668. The van der Waals surface area contributed by atoms with E-state index in [1.54, 1.807) is 4.57 Å². The normalized spacial score (nSPS) is 30.0. The summed E-state index contributed by atoms with van der Waals surface area (Å²) in [4.78, 5) is 12.1. The van der Waals surface area contributed by atoms with Gasteiger partial charge in [-0.15, -0.1) is 0 Å². The van der Waals surface area contributed by atoms with Crippen molar-refractivity contribution in [2.24, 2.45) is 0 Å². The van der Waals surface area contributed by atoms with Crippen LogP contribution in [0.2, 0.25) is 0 Å². The first-order valence-corrected chi connectivity index (χ1v) is 7.29. The third-order valence-corrected chi connectivity index (χ3v) is 4.30. The molecule has 0 amide bonds. The second kappa shape index (κ2) is 5.97. The average Bonchev–Trinajstić information content (AvgIpc) is 3.03. The number of nitrogens with two attached hydrogens (primary N) is 1.